The fourth-order valence-electron chi connectivity index (χ4n) is 6.87. The zero-order valence-electron chi connectivity index (χ0n) is 25.4. The number of halogens is 2. The van der Waals surface area contributed by atoms with Gasteiger partial charge in [0.2, 0.25) is 0 Å². The molecule has 2 fully saturated rings. The zero-order chi connectivity index (χ0) is 30.4. The molecule has 1 saturated heterocycles. The molecule has 0 atom stereocenters. The number of aliphatic imine (C=N–C) groups is 1. The van der Waals surface area contributed by atoms with Crippen molar-refractivity contribution in [3.8, 4) is 5.75 Å². The molecule has 1 saturated carbocycles. The maximum absolute atomic E-state index is 14.1. The Bertz CT molecular complexity index is 1310. The third kappa shape index (κ3) is 8.15. The van der Waals surface area contributed by atoms with Crippen LogP contribution >= 0.6 is 0 Å². The Morgan fingerprint density at radius 3 is 2.53 bits per heavy atom. The van der Waals surface area contributed by atoms with Gasteiger partial charge in [0.05, 0.1) is 17.8 Å². The summed E-state index contributed by atoms with van der Waals surface area (Å²) in [5.74, 6) is -2.59. The summed E-state index contributed by atoms with van der Waals surface area (Å²) in [6.45, 7) is 5.49. The van der Waals surface area contributed by atoms with E-state index in [0.29, 0.717) is 44.2 Å². The Morgan fingerprint density at radius 2 is 1.79 bits per heavy atom. The highest BCUT2D eigenvalue weighted by Crippen LogP contribution is 2.38. The minimum Gasteiger partial charge on any atom is -0.507 e. The van der Waals surface area contributed by atoms with Gasteiger partial charge in [0.15, 0.2) is 5.78 Å². The van der Waals surface area contributed by atoms with E-state index in [4.69, 9.17) is 0 Å². The second kappa shape index (κ2) is 14.2. The molecule has 2 heterocycles. The van der Waals surface area contributed by atoms with Crippen LogP contribution in [-0.4, -0.2) is 71.5 Å². The summed E-state index contributed by atoms with van der Waals surface area (Å²) in [6, 6.07) is 10.9. The van der Waals surface area contributed by atoms with E-state index >= 15 is 0 Å². The number of aryl methyl sites for hydroxylation is 2. The second-order valence-corrected chi connectivity index (χ2v) is 12.6. The van der Waals surface area contributed by atoms with Gasteiger partial charge in [-0.2, -0.15) is 0 Å². The minimum absolute atomic E-state index is 0.183. The van der Waals surface area contributed by atoms with Crippen LogP contribution in [0.3, 0.4) is 0 Å². The summed E-state index contributed by atoms with van der Waals surface area (Å²) >= 11 is 0. The van der Waals surface area contributed by atoms with Crippen LogP contribution in [0.4, 0.5) is 14.5 Å². The number of hydrogen-bond acceptors (Lipinski definition) is 6. The van der Waals surface area contributed by atoms with Gasteiger partial charge in [-0.05, 0) is 86.6 Å². The average molecular weight is 594 g/mol. The van der Waals surface area contributed by atoms with Gasteiger partial charge < -0.3 is 5.11 Å². The second-order valence-electron chi connectivity index (χ2n) is 12.6. The molecule has 0 radical (unpaired) electrons. The SMILES string of the molecule is CCC(F)(F)c1cc(CCCC(=O)CN2CCN(C3CCC(CC(=O)c4ccc5c(c4)N=CCC5)CC3)CC2)ccc1O. The molecule has 3 aliphatic rings. The number of nitrogens with zero attached hydrogens (tertiary/aromatic N) is 3. The highest BCUT2D eigenvalue weighted by Gasteiger charge is 2.32. The number of phenolic OH excluding ortho intramolecular Hbond substituents is 1. The van der Waals surface area contributed by atoms with E-state index in [2.05, 4.69) is 20.9 Å². The van der Waals surface area contributed by atoms with Crippen molar-refractivity contribution in [2.24, 2.45) is 10.9 Å². The van der Waals surface area contributed by atoms with Crippen LogP contribution in [0, 0.1) is 5.92 Å². The van der Waals surface area contributed by atoms with E-state index in [1.54, 1.807) is 6.07 Å². The molecule has 6 nitrogen and oxygen atoms in total. The van der Waals surface area contributed by atoms with Crippen molar-refractivity contribution in [1.29, 1.82) is 0 Å². The first-order valence-corrected chi connectivity index (χ1v) is 16.1. The Labute approximate surface area is 254 Å². The van der Waals surface area contributed by atoms with Crippen molar-refractivity contribution in [2.75, 3.05) is 32.7 Å². The summed E-state index contributed by atoms with van der Waals surface area (Å²) in [5, 5.41) is 9.85. The highest BCUT2D eigenvalue weighted by molar-refractivity contribution is 5.97. The molecular formula is C35H45F2N3O3. The normalized spacial score (nSPS) is 21.5. The molecule has 5 rings (SSSR count). The first-order chi connectivity index (χ1) is 20.7. The molecule has 43 heavy (non-hydrogen) atoms. The summed E-state index contributed by atoms with van der Waals surface area (Å²) in [5.41, 5.74) is 3.35. The molecule has 0 unspecified atom stereocenters. The summed E-state index contributed by atoms with van der Waals surface area (Å²) in [7, 11) is 0. The van der Waals surface area contributed by atoms with Gasteiger partial charge in [-0.15, -0.1) is 0 Å². The molecule has 0 aromatic heterocycles. The van der Waals surface area contributed by atoms with E-state index in [0.717, 1.165) is 81.5 Å². The summed E-state index contributed by atoms with van der Waals surface area (Å²) < 4.78 is 28.2. The third-order valence-electron chi connectivity index (χ3n) is 9.61. The topological polar surface area (TPSA) is 73.2 Å². The molecule has 232 valence electrons. The Kier molecular flexibility index (Phi) is 10.4. The number of piperazine rings is 1. The molecule has 2 aliphatic heterocycles. The number of ketones is 2. The lowest BCUT2D eigenvalue weighted by Crippen LogP contribution is -2.52. The van der Waals surface area contributed by atoms with E-state index in [1.807, 2.05) is 18.3 Å². The number of carbonyl (C=O) groups is 2. The Morgan fingerprint density at radius 1 is 1.02 bits per heavy atom. The number of hydrogen-bond donors (Lipinski definition) is 1. The third-order valence-corrected chi connectivity index (χ3v) is 9.61. The van der Waals surface area contributed by atoms with Gasteiger partial charge in [0.1, 0.15) is 11.5 Å². The van der Waals surface area contributed by atoms with Gasteiger partial charge in [0.25, 0.3) is 5.92 Å². The number of phenols is 1. The van der Waals surface area contributed by atoms with Crippen LogP contribution in [0.15, 0.2) is 41.4 Å². The predicted molar refractivity (Wildman–Crippen MR) is 166 cm³/mol. The monoisotopic (exact) mass is 593 g/mol. The van der Waals surface area contributed by atoms with Crippen molar-refractivity contribution in [3.63, 3.8) is 0 Å². The van der Waals surface area contributed by atoms with Gasteiger partial charge in [-0.3, -0.25) is 24.4 Å². The van der Waals surface area contributed by atoms with E-state index < -0.39 is 5.92 Å². The Balaban J connectivity index is 0.987. The van der Waals surface area contributed by atoms with Crippen LogP contribution in [0.25, 0.3) is 0 Å². The smallest absolute Gasteiger partial charge is 0.276 e. The lowest BCUT2D eigenvalue weighted by molar-refractivity contribution is -0.120. The first kappa shape index (κ1) is 31.5. The lowest BCUT2D eigenvalue weighted by atomic mass is 9.81. The number of aromatic hydroxyl groups is 1. The number of Topliss-reactive ketones (excluding diaryl/α,β-unsaturated/α-hetero) is 2. The van der Waals surface area contributed by atoms with E-state index in [1.165, 1.54) is 24.6 Å². The molecule has 0 amide bonds. The standard InChI is InChI=1S/C35H45F2N3O3/c1-2-35(36,37)31-21-25(10-15-33(31)42)5-3-7-30(41)24-39-17-19-40(20-18-39)29-13-8-26(9-14-29)22-34(43)28-12-11-27-6-4-16-38-32(27)23-28/h10-12,15-16,21,23,26,29,42H,2-9,13-14,17-20,22,24H2,1H3. The average Bonchev–Trinajstić information content (AvgIpc) is 3.02. The zero-order valence-corrected chi connectivity index (χ0v) is 25.4. The van der Waals surface area contributed by atoms with Crippen molar-refractivity contribution < 1.29 is 23.5 Å². The highest BCUT2D eigenvalue weighted by atomic mass is 19.3. The van der Waals surface area contributed by atoms with Crippen molar-refractivity contribution in [2.45, 2.75) is 89.5 Å². The molecule has 0 bridgehead atoms. The molecule has 8 heteroatoms. The fourth-order valence-corrected chi connectivity index (χ4v) is 6.87. The Hall–Kier alpha value is -2.97. The number of benzene rings is 2. The van der Waals surface area contributed by atoms with Crippen molar-refractivity contribution >= 4 is 23.5 Å². The van der Waals surface area contributed by atoms with Gasteiger partial charge in [-0.1, -0.05) is 25.1 Å². The van der Waals surface area contributed by atoms with Gasteiger partial charge >= 0.3 is 0 Å². The minimum atomic E-state index is -3.06. The molecular weight excluding hydrogens is 548 g/mol. The molecule has 1 N–H and O–H groups in total. The van der Waals surface area contributed by atoms with Crippen LogP contribution < -0.4 is 0 Å². The maximum Gasteiger partial charge on any atom is 0.276 e. The molecule has 2 aromatic carbocycles. The van der Waals surface area contributed by atoms with Crippen molar-refractivity contribution in [1.82, 2.24) is 9.80 Å². The number of carbonyl (C=O) groups excluding carboxylic acids is 2. The molecule has 2 aromatic rings. The van der Waals surface area contributed by atoms with Crippen LogP contribution in [-0.2, 0) is 23.6 Å². The van der Waals surface area contributed by atoms with E-state index in [9.17, 15) is 23.5 Å². The number of alkyl halides is 2. The largest absolute Gasteiger partial charge is 0.507 e. The first-order valence-electron chi connectivity index (χ1n) is 16.1. The lowest BCUT2D eigenvalue weighted by Gasteiger charge is -2.41. The summed E-state index contributed by atoms with van der Waals surface area (Å²) in [4.78, 5) is 34.9. The number of fused-ring (bicyclic) bond motifs is 1. The van der Waals surface area contributed by atoms with Gasteiger partial charge in [-0.25, -0.2) is 8.78 Å². The fraction of sp³-hybridized carbons (Fsp3) is 0.571. The predicted octanol–water partition coefficient (Wildman–Crippen LogP) is 6.88. The quantitative estimate of drug-likeness (QED) is 0.272. The van der Waals surface area contributed by atoms with Crippen LogP contribution in [0.5, 0.6) is 5.75 Å². The molecule has 1 aliphatic carbocycles. The number of rotatable bonds is 12. The van der Waals surface area contributed by atoms with Crippen LogP contribution in [0.1, 0.15) is 91.8 Å². The van der Waals surface area contributed by atoms with Gasteiger partial charge in [0, 0.05) is 63.3 Å². The van der Waals surface area contributed by atoms with Crippen molar-refractivity contribution in [3.05, 3.63) is 58.7 Å². The van der Waals surface area contributed by atoms with E-state index in [-0.39, 0.29) is 29.3 Å². The molecule has 0 spiro atoms. The van der Waals surface area contributed by atoms with Crippen LogP contribution in [0.2, 0.25) is 0 Å². The summed E-state index contributed by atoms with van der Waals surface area (Å²) in [6.07, 6.45) is 10.1. The maximum atomic E-state index is 14.1.